The summed E-state index contributed by atoms with van der Waals surface area (Å²) in [6.45, 7) is 3.49. The number of sulfonamides is 1. The number of hydrogen-bond acceptors (Lipinski definition) is 5. The fourth-order valence-electron chi connectivity index (χ4n) is 3.07. The molecule has 10 heteroatoms. The summed E-state index contributed by atoms with van der Waals surface area (Å²) in [6, 6.07) is 10.6. The van der Waals surface area contributed by atoms with Crippen molar-refractivity contribution < 1.29 is 18.0 Å². The van der Waals surface area contributed by atoms with Crippen molar-refractivity contribution in [3.8, 4) is 0 Å². The van der Waals surface area contributed by atoms with Crippen molar-refractivity contribution in [1.82, 2.24) is 9.21 Å². The van der Waals surface area contributed by atoms with Gasteiger partial charge in [-0.2, -0.15) is 4.31 Å². The predicted molar refractivity (Wildman–Crippen MR) is 116 cm³/mol. The zero-order chi connectivity index (χ0) is 21.9. The number of likely N-dealkylation sites (N-methyl/N-ethyl adjacent to an activating group) is 1. The lowest BCUT2D eigenvalue weighted by atomic mass is 10.2. The van der Waals surface area contributed by atoms with Crippen molar-refractivity contribution in [2.45, 2.75) is 11.8 Å². The zero-order valence-corrected chi connectivity index (χ0v) is 18.3. The van der Waals surface area contributed by atoms with Gasteiger partial charge in [-0.15, -0.1) is 0 Å². The first kappa shape index (κ1) is 22.2. The number of piperazine rings is 1. The van der Waals surface area contributed by atoms with Gasteiger partial charge in [0.05, 0.1) is 15.6 Å². The molecule has 0 atom stereocenters. The summed E-state index contributed by atoms with van der Waals surface area (Å²) in [7, 11) is -1.74. The van der Waals surface area contributed by atoms with E-state index >= 15 is 0 Å². The maximum atomic E-state index is 12.9. The van der Waals surface area contributed by atoms with Gasteiger partial charge in [0.1, 0.15) is 0 Å². The van der Waals surface area contributed by atoms with E-state index in [1.165, 1.54) is 41.6 Å². The van der Waals surface area contributed by atoms with Gasteiger partial charge in [0.2, 0.25) is 15.9 Å². The van der Waals surface area contributed by atoms with Crippen LogP contribution in [0.15, 0.2) is 47.4 Å². The van der Waals surface area contributed by atoms with Crippen LogP contribution in [0.1, 0.15) is 17.3 Å². The van der Waals surface area contributed by atoms with Gasteiger partial charge in [-0.1, -0.05) is 17.7 Å². The minimum Gasteiger partial charge on any atom is -0.326 e. The average molecular weight is 451 g/mol. The van der Waals surface area contributed by atoms with E-state index in [9.17, 15) is 18.0 Å². The smallest absolute Gasteiger partial charge is 0.255 e. The van der Waals surface area contributed by atoms with E-state index in [2.05, 4.69) is 15.5 Å². The second kappa shape index (κ2) is 9.13. The molecule has 2 amide bonds. The van der Waals surface area contributed by atoms with Crippen molar-refractivity contribution in [1.29, 1.82) is 0 Å². The molecule has 1 aliphatic rings. The van der Waals surface area contributed by atoms with Gasteiger partial charge in [-0.05, 0) is 43.4 Å². The van der Waals surface area contributed by atoms with E-state index in [4.69, 9.17) is 11.6 Å². The van der Waals surface area contributed by atoms with Crippen LogP contribution in [-0.4, -0.2) is 62.7 Å². The molecule has 0 aliphatic carbocycles. The second-order valence-electron chi connectivity index (χ2n) is 7.07. The van der Waals surface area contributed by atoms with Crippen LogP contribution in [0, 0.1) is 0 Å². The normalized spacial score (nSPS) is 15.6. The Bertz CT molecular complexity index is 1070. The number of halogens is 1. The van der Waals surface area contributed by atoms with Crippen LogP contribution in [0.3, 0.4) is 0 Å². The fourth-order valence-corrected chi connectivity index (χ4v) is 4.71. The van der Waals surface area contributed by atoms with E-state index in [0.717, 1.165) is 0 Å². The molecule has 2 aromatic rings. The first-order chi connectivity index (χ1) is 14.2. The molecule has 0 radical (unpaired) electrons. The third-order valence-electron chi connectivity index (χ3n) is 4.73. The Labute approximate surface area is 180 Å². The molecule has 160 valence electrons. The summed E-state index contributed by atoms with van der Waals surface area (Å²) in [5.74, 6) is -0.760. The molecule has 1 aliphatic heterocycles. The Balaban J connectivity index is 1.81. The molecular formula is C20H23ClN4O4S. The van der Waals surface area contributed by atoms with Gasteiger partial charge in [0, 0.05) is 44.4 Å². The van der Waals surface area contributed by atoms with E-state index in [-0.39, 0.29) is 16.4 Å². The summed E-state index contributed by atoms with van der Waals surface area (Å²) < 4.78 is 27.3. The Hall–Kier alpha value is -2.46. The van der Waals surface area contributed by atoms with Crippen LogP contribution in [0.2, 0.25) is 5.02 Å². The van der Waals surface area contributed by atoms with Gasteiger partial charge in [-0.3, -0.25) is 9.59 Å². The highest BCUT2D eigenvalue weighted by molar-refractivity contribution is 7.89. The van der Waals surface area contributed by atoms with Crippen LogP contribution in [-0.2, 0) is 14.8 Å². The van der Waals surface area contributed by atoms with Gasteiger partial charge in [0.25, 0.3) is 5.91 Å². The van der Waals surface area contributed by atoms with Crippen LogP contribution in [0.25, 0.3) is 0 Å². The molecule has 2 N–H and O–H groups in total. The fraction of sp³-hybridized carbons (Fsp3) is 0.300. The number of anilines is 2. The number of hydrogen-bond donors (Lipinski definition) is 2. The maximum absolute atomic E-state index is 12.9. The number of amides is 2. The lowest BCUT2D eigenvalue weighted by Crippen LogP contribution is -2.47. The van der Waals surface area contributed by atoms with Crippen LogP contribution >= 0.6 is 11.6 Å². The lowest BCUT2D eigenvalue weighted by molar-refractivity contribution is -0.114. The van der Waals surface area contributed by atoms with Gasteiger partial charge in [-0.25, -0.2) is 8.42 Å². The molecule has 2 aromatic carbocycles. The number of nitrogens with zero attached hydrogens (tertiary/aromatic N) is 2. The largest absolute Gasteiger partial charge is 0.326 e. The van der Waals surface area contributed by atoms with E-state index in [0.29, 0.717) is 42.6 Å². The summed E-state index contributed by atoms with van der Waals surface area (Å²) in [5, 5.41) is 5.57. The zero-order valence-electron chi connectivity index (χ0n) is 16.7. The number of nitrogens with one attached hydrogen (secondary N) is 2. The molecule has 30 heavy (non-hydrogen) atoms. The molecule has 1 fully saturated rings. The molecule has 8 nitrogen and oxygen atoms in total. The molecule has 1 saturated heterocycles. The maximum Gasteiger partial charge on any atom is 0.255 e. The first-order valence-electron chi connectivity index (χ1n) is 9.34. The van der Waals surface area contributed by atoms with Crippen LogP contribution < -0.4 is 10.6 Å². The van der Waals surface area contributed by atoms with Gasteiger partial charge in [0.15, 0.2) is 0 Å². The standard InChI is InChI=1S/C20H23ClN4O4S/c1-14(26)22-16-6-7-18(21)19(13-16)23-20(27)15-4-3-5-17(12-15)30(28,29)25-10-8-24(2)9-11-25/h3-7,12-13H,8-11H2,1-2H3,(H,22,26)(H,23,27). The number of benzene rings is 2. The van der Waals surface area contributed by atoms with Crippen molar-refractivity contribution in [3.05, 3.63) is 53.1 Å². The van der Waals surface area contributed by atoms with Crippen LogP contribution in [0.4, 0.5) is 11.4 Å². The molecule has 0 unspecified atom stereocenters. The number of carbonyl (C=O) groups excluding carboxylic acids is 2. The highest BCUT2D eigenvalue weighted by Crippen LogP contribution is 2.26. The SMILES string of the molecule is CC(=O)Nc1ccc(Cl)c(NC(=O)c2cccc(S(=O)(=O)N3CCN(C)CC3)c2)c1. The van der Waals surface area contributed by atoms with Gasteiger partial charge >= 0.3 is 0 Å². The van der Waals surface area contributed by atoms with E-state index < -0.39 is 15.9 Å². The highest BCUT2D eigenvalue weighted by atomic mass is 35.5. The van der Waals surface area contributed by atoms with E-state index in [1.54, 1.807) is 12.1 Å². The predicted octanol–water partition coefficient (Wildman–Crippen LogP) is 2.49. The Morgan fingerprint density at radius 2 is 1.70 bits per heavy atom. The lowest BCUT2D eigenvalue weighted by Gasteiger charge is -2.31. The minimum atomic E-state index is -3.69. The molecule has 0 aromatic heterocycles. The van der Waals surface area contributed by atoms with Crippen molar-refractivity contribution in [2.24, 2.45) is 0 Å². The highest BCUT2D eigenvalue weighted by Gasteiger charge is 2.28. The molecule has 0 bridgehead atoms. The molecule has 3 rings (SSSR count). The minimum absolute atomic E-state index is 0.0674. The molecular weight excluding hydrogens is 428 g/mol. The first-order valence-corrected chi connectivity index (χ1v) is 11.2. The Kier molecular flexibility index (Phi) is 6.77. The van der Waals surface area contributed by atoms with Crippen LogP contribution in [0.5, 0.6) is 0 Å². The quantitative estimate of drug-likeness (QED) is 0.729. The second-order valence-corrected chi connectivity index (χ2v) is 9.41. The van der Waals surface area contributed by atoms with Crippen molar-refractivity contribution >= 4 is 44.8 Å². The average Bonchev–Trinajstić information content (AvgIpc) is 2.70. The van der Waals surface area contributed by atoms with Crippen molar-refractivity contribution in [2.75, 3.05) is 43.9 Å². The summed E-state index contributed by atoms with van der Waals surface area (Å²) in [6.07, 6.45) is 0. The topological polar surface area (TPSA) is 98.8 Å². The third-order valence-corrected chi connectivity index (χ3v) is 6.96. The monoisotopic (exact) mass is 450 g/mol. The number of carbonyl (C=O) groups is 2. The third kappa shape index (κ3) is 5.17. The van der Waals surface area contributed by atoms with Gasteiger partial charge < -0.3 is 15.5 Å². The number of rotatable bonds is 5. The molecule has 0 saturated carbocycles. The van der Waals surface area contributed by atoms with Crippen molar-refractivity contribution in [3.63, 3.8) is 0 Å². The summed E-state index contributed by atoms with van der Waals surface area (Å²) in [5.41, 5.74) is 0.972. The Morgan fingerprint density at radius 3 is 2.37 bits per heavy atom. The Morgan fingerprint density at radius 1 is 1.00 bits per heavy atom. The van der Waals surface area contributed by atoms with E-state index in [1.807, 2.05) is 7.05 Å². The molecule has 0 spiro atoms. The summed E-state index contributed by atoms with van der Waals surface area (Å²) >= 11 is 6.15. The summed E-state index contributed by atoms with van der Waals surface area (Å²) in [4.78, 5) is 26.1. The molecule has 1 heterocycles.